The molecular formula is C23H21N3O2S. The Kier molecular flexibility index (Phi) is 5.36. The fourth-order valence-corrected chi connectivity index (χ4v) is 4.07. The van der Waals surface area contributed by atoms with E-state index < -0.39 is 0 Å². The van der Waals surface area contributed by atoms with E-state index in [1.165, 1.54) is 11.8 Å². The summed E-state index contributed by atoms with van der Waals surface area (Å²) in [5, 5.41) is 6.03. The van der Waals surface area contributed by atoms with Crippen LogP contribution in [0, 0.1) is 6.92 Å². The van der Waals surface area contributed by atoms with Crippen molar-refractivity contribution >= 4 is 28.4 Å². The number of thioether (sulfide) groups is 1. The maximum absolute atomic E-state index is 13.1. The van der Waals surface area contributed by atoms with Crippen LogP contribution in [0.5, 0.6) is 0 Å². The number of furan rings is 1. The number of benzene rings is 2. The normalized spacial score (nSPS) is 12.1. The van der Waals surface area contributed by atoms with Gasteiger partial charge in [0.05, 0.1) is 23.6 Å². The van der Waals surface area contributed by atoms with E-state index in [4.69, 9.17) is 4.42 Å². The SMILES string of the molecule is CSc1nc(-c2ccco2)nc(C)c1C(=O)NC(C)c1cccc2ccccc12. The molecule has 1 atom stereocenters. The molecule has 0 aliphatic heterocycles. The van der Waals surface area contributed by atoms with E-state index in [9.17, 15) is 4.79 Å². The summed E-state index contributed by atoms with van der Waals surface area (Å²) in [6.07, 6.45) is 3.48. The predicted octanol–water partition coefficient (Wildman–Crippen LogP) is 5.41. The lowest BCUT2D eigenvalue weighted by molar-refractivity contribution is 0.0935. The van der Waals surface area contributed by atoms with Gasteiger partial charge in [-0.05, 0) is 48.6 Å². The van der Waals surface area contributed by atoms with E-state index in [1.54, 1.807) is 18.4 Å². The molecule has 0 aliphatic carbocycles. The number of amides is 1. The lowest BCUT2D eigenvalue weighted by Gasteiger charge is -2.18. The molecule has 2 aromatic carbocycles. The number of carbonyl (C=O) groups is 1. The summed E-state index contributed by atoms with van der Waals surface area (Å²) in [7, 11) is 0. The fraction of sp³-hybridized carbons (Fsp3) is 0.174. The summed E-state index contributed by atoms with van der Waals surface area (Å²) in [5.74, 6) is 0.883. The van der Waals surface area contributed by atoms with Gasteiger partial charge in [0.1, 0.15) is 5.03 Å². The second kappa shape index (κ2) is 8.09. The summed E-state index contributed by atoms with van der Waals surface area (Å²) < 4.78 is 5.40. The van der Waals surface area contributed by atoms with Crippen LogP contribution in [-0.4, -0.2) is 22.1 Å². The second-order valence-corrected chi connectivity index (χ2v) is 7.55. The van der Waals surface area contributed by atoms with Crippen molar-refractivity contribution < 1.29 is 9.21 Å². The summed E-state index contributed by atoms with van der Waals surface area (Å²) >= 11 is 1.42. The van der Waals surface area contributed by atoms with Crippen LogP contribution in [-0.2, 0) is 0 Å². The highest BCUT2D eigenvalue weighted by Gasteiger charge is 2.22. The monoisotopic (exact) mass is 403 g/mol. The molecular weight excluding hydrogens is 382 g/mol. The molecule has 0 saturated carbocycles. The molecule has 6 heteroatoms. The Labute approximate surface area is 173 Å². The third-order valence-corrected chi connectivity index (χ3v) is 5.54. The van der Waals surface area contributed by atoms with Gasteiger partial charge in [-0.25, -0.2) is 9.97 Å². The molecule has 1 unspecified atom stereocenters. The molecule has 29 heavy (non-hydrogen) atoms. The summed E-state index contributed by atoms with van der Waals surface area (Å²) in [6.45, 7) is 3.82. The number of hydrogen-bond donors (Lipinski definition) is 1. The van der Waals surface area contributed by atoms with E-state index in [-0.39, 0.29) is 11.9 Å². The molecule has 0 aliphatic rings. The van der Waals surface area contributed by atoms with Gasteiger partial charge in [-0.1, -0.05) is 42.5 Å². The van der Waals surface area contributed by atoms with Crippen molar-refractivity contribution in [3.63, 3.8) is 0 Å². The Morgan fingerprint density at radius 2 is 1.86 bits per heavy atom. The Balaban J connectivity index is 1.66. The maximum Gasteiger partial charge on any atom is 0.256 e. The average Bonchev–Trinajstić information content (AvgIpc) is 3.27. The fourth-order valence-electron chi connectivity index (χ4n) is 3.45. The van der Waals surface area contributed by atoms with Gasteiger partial charge >= 0.3 is 0 Å². The van der Waals surface area contributed by atoms with E-state index in [1.807, 2.05) is 44.4 Å². The number of aromatic nitrogens is 2. The van der Waals surface area contributed by atoms with Crippen molar-refractivity contribution in [3.05, 3.63) is 77.7 Å². The average molecular weight is 404 g/mol. The first kappa shape index (κ1) is 19.2. The lowest BCUT2D eigenvalue weighted by Crippen LogP contribution is -2.28. The molecule has 5 nitrogen and oxygen atoms in total. The molecule has 2 aromatic heterocycles. The summed E-state index contributed by atoms with van der Waals surface area (Å²) in [5.41, 5.74) is 2.20. The van der Waals surface area contributed by atoms with Gasteiger partial charge in [0.25, 0.3) is 5.91 Å². The molecule has 0 spiro atoms. The Hall–Kier alpha value is -3.12. The lowest BCUT2D eigenvalue weighted by atomic mass is 9.99. The first-order valence-corrected chi connectivity index (χ1v) is 10.6. The third kappa shape index (κ3) is 3.76. The van der Waals surface area contributed by atoms with Gasteiger partial charge < -0.3 is 9.73 Å². The molecule has 1 N–H and O–H groups in total. The second-order valence-electron chi connectivity index (χ2n) is 6.76. The van der Waals surface area contributed by atoms with Crippen LogP contribution in [0.25, 0.3) is 22.4 Å². The number of aryl methyl sites for hydroxylation is 1. The highest BCUT2D eigenvalue weighted by atomic mass is 32.2. The minimum atomic E-state index is -0.182. The van der Waals surface area contributed by atoms with Crippen molar-refractivity contribution in [1.82, 2.24) is 15.3 Å². The number of rotatable bonds is 5. The van der Waals surface area contributed by atoms with Crippen LogP contribution >= 0.6 is 11.8 Å². The van der Waals surface area contributed by atoms with Crippen molar-refractivity contribution in [2.45, 2.75) is 24.9 Å². The third-order valence-electron chi connectivity index (χ3n) is 4.86. The predicted molar refractivity (Wildman–Crippen MR) is 116 cm³/mol. The molecule has 0 radical (unpaired) electrons. The van der Waals surface area contributed by atoms with Crippen LogP contribution in [0.15, 0.2) is 70.3 Å². The zero-order valence-corrected chi connectivity index (χ0v) is 17.3. The number of nitrogens with one attached hydrogen (secondary N) is 1. The van der Waals surface area contributed by atoms with Crippen LogP contribution < -0.4 is 5.32 Å². The van der Waals surface area contributed by atoms with Crippen molar-refractivity contribution in [1.29, 1.82) is 0 Å². The number of carbonyl (C=O) groups excluding carboxylic acids is 1. The van der Waals surface area contributed by atoms with Crippen molar-refractivity contribution in [3.8, 4) is 11.6 Å². The van der Waals surface area contributed by atoms with Crippen molar-refractivity contribution in [2.75, 3.05) is 6.26 Å². The van der Waals surface area contributed by atoms with Crippen LogP contribution in [0.2, 0.25) is 0 Å². The van der Waals surface area contributed by atoms with Crippen LogP contribution in [0.4, 0.5) is 0 Å². The molecule has 2 heterocycles. The molecule has 0 fully saturated rings. The van der Waals surface area contributed by atoms with E-state index in [2.05, 4.69) is 33.5 Å². The zero-order valence-electron chi connectivity index (χ0n) is 16.5. The van der Waals surface area contributed by atoms with Gasteiger partial charge in [0, 0.05) is 0 Å². The highest BCUT2D eigenvalue weighted by Crippen LogP contribution is 2.27. The Bertz CT molecular complexity index is 1170. The first-order chi connectivity index (χ1) is 14.1. The van der Waals surface area contributed by atoms with Gasteiger partial charge in [0.15, 0.2) is 11.6 Å². The van der Waals surface area contributed by atoms with E-state index in [0.29, 0.717) is 27.9 Å². The smallest absolute Gasteiger partial charge is 0.256 e. The summed E-state index contributed by atoms with van der Waals surface area (Å²) in [6, 6.07) is 17.8. The highest BCUT2D eigenvalue weighted by molar-refractivity contribution is 7.98. The quantitative estimate of drug-likeness (QED) is 0.356. The standard InChI is InChI=1S/C23H21N3O2S/c1-14(17-11-6-9-16-8-4-5-10-18(16)17)25-22(27)20-15(2)24-21(26-23(20)29-3)19-12-7-13-28-19/h4-14H,1-3H3,(H,25,27). The molecule has 0 bridgehead atoms. The number of nitrogens with zero attached hydrogens (tertiary/aromatic N) is 2. The largest absolute Gasteiger partial charge is 0.461 e. The van der Waals surface area contributed by atoms with Gasteiger partial charge in [0.2, 0.25) is 0 Å². The number of hydrogen-bond acceptors (Lipinski definition) is 5. The number of fused-ring (bicyclic) bond motifs is 1. The maximum atomic E-state index is 13.1. The van der Waals surface area contributed by atoms with E-state index in [0.717, 1.165) is 16.3 Å². The van der Waals surface area contributed by atoms with Gasteiger partial charge in [-0.15, -0.1) is 11.8 Å². The minimum absolute atomic E-state index is 0.160. The van der Waals surface area contributed by atoms with Gasteiger partial charge in [-0.3, -0.25) is 4.79 Å². The molecule has 0 saturated heterocycles. The minimum Gasteiger partial charge on any atom is -0.461 e. The van der Waals surface area contributed by atoms with Gasteiger partial charge in [-0.2, -0.15) is 0 Å². The molecule has 1 amide bonds. The Morgan fingerprint density at radius 3 is 2.62 bits per heavy atom. The zero-order chi connectivity index (χ0) is 20.4. The van der Waals surface area contributed by atoms with E-state index >= 15 is 0 Å². The van der Waals surface area contributed by atoms with Crippen molar-refractivity contribution in [2.24, 2.45) is 0 Å². The molecule has 146 valence electrons. The molecule has 4 rings (SSSR count). The summed E-state index contributed by atoms with van der Waals surface area (Å²) in [4.78, 5) is 22.2. The van der Waals surface area contributed by atoms with Crippen LogP contribution in [0.3, 0.4) is 0 Å². The topological polar surface area (TPSA) is 68.0 Å². The molecule has 4 aromatic rings. The Morgan fingerprint density at radius 1 is 1.07 bits per heavy atom. The van der Waals surface area contributed by atoms with Crippen LogP contribution in [0.1, 0.15) is 34.6 Å². The first-order valence-electron chi connectivity index (χ1n) is 9.33.